The van der Waals surface area contributed by atoms with E-state index in [4.69, 9.17) is 0 Å². The van der Waals surface area contributed by atoms with Crippen molar-refractivity contribution in [2.45, 2.75) is 44.0 Å². The Morgan fingerprint density at radius 3 is 2.37 bits per heavy atom. The number of rotatable bonds is 6. The summed E-state index contributed by atoms with van der Waals surface area (Å²) in [5.74, 6) is -0.287. The van der Waals surface area contributed by atoms with Gasteiger partial charge in [0.15, 0.2) is 5.78 Å². The molecule has 0 saturated carbocycles. The lowest BCUT2D eigenvalue weighted by Gasteiger charge is -2.28. The molecule has 0 aromatic heterocycles. The Bertz CT molecular complexity index is 961. The molecule has 2 aromatic carbocycles. The summed E-state index contributed by atoms with van der Waals surface area (Å²) in [5.41, 5.74) is 2.36. The van der Waals surface area contributed by atoms with Crippen LogP contribution in [0.4, 0.5) is 5.69 Å². The number of Topliss-reactive ketones (excluding diaryl/α,β-unsaturated/α-hetero) is 1. The highest BCUT2D eigenvalue weighted by atomic mass is 32.2. The molecule has 1 aliphatic rings. The van der Waals surface area contributed by atoms with Gasteiger partial charge in [0.05, 0.1) is 10.6 Å². The van der Waals surface area contributed by atoms with Gasteiger partial charge < -0.3 is 0 Å². The third-order valence-electron chi connectivity index (χ3n) is 4.90. The van der Waals surface area contributed by atoms with Gasteiger partial charge in [0, 0.05) is 12.3 Å². The van der Waals surface area contributed by atoms with Gasteiger partial charge in [0.2, 0.25) is 0 Å². The molecule has 27 heavy (non-hydrogen) atoms. The van der Waals surface area contributed by atoms with Gasteiger partial charge in [0.1, 0.15) is 6.04 Å². The maximum absolute atomic E-state index is 13.5. The standard InChI is InChI=1S/C22H25NO3S/c1-5-18-19-8-6-7-9-20(19)23(22(18)21(24)14-15(2)3)27(25,26)17-12-10-16(4)11-13-17/h5-13,15,18,22H,1,14H2,2-4H3. The molecule has 142 valence electrons. The molecule has 0 N–H and O–H groups in total. The van der Waals surface area contributed by atoms with Crippen molar-refractivity contribution < 1.29 is 13.2 Å². The van der Waals surface area contributed by atoms with Crippen LogP contribution in [0.25, 0.3) is 0 Å². The maximum Gasteiger partial charge on any atom is 0.265 e. The molecule has 0 amide bonds. The van der Waals surface area contributed by atoms with Crippen LogP contribution in [-0.4, -0.2) is 20.2 Å². The van der Waals surface area contributed by atoms with E-state index in [1.54, 1.807) is 42.5 Å². The maximum atomic E-state index is 13.5. The SMILES string of the molecule is C=CC1c2ccccc2N(S(=O)(=O)c2ccc(C)cc2)C1C(=O)CC(C)C. The number of fused-ring (bicyclic) bond motifs is 1. The lowest BCUT2D eigenvalue weighted by molar-refractivity contribution is -0.120. The van der Waals surface area contributed by atoms with Crippen molar-refractivity contribution in [1.29, 1.82) is 0 Å². The largest absolute Gasteiger partial charge is 0.297 e. The number of benzene rings is 2. The van der Waals surface area contributed by atoms with Crippen molar-refractivity contribution in [3.05, 3.63) is 72.3 Å². The summed E-state index contributed by atoms with van der Waals surface area (Å²) in [6, 6.07) is 13.2. The van der Waals surface area contributed by atoms with Crippen molar-refractivity contribution in [2.24, 2.45) is 5.92 Å². The third kappa shape index (κ3) is 3.44. The molecule has 3 rings (SSSR count). The van der Waals surface area contributed by atoms with Gasteiger partial charge >= 0.3 is 0 Å². The molecular weight excluding hydrogens is 358 g/mol. The van der Waals surface area contributed by atoms with Crippen LogP contribution in [0.3, 0.4) is 0 Å². The molecule has 0 bridgehead atoms. The Morgan fingerprint density at radius 1 is 1.15 bits per heavy atom. The number of sulfonamides is 1. The number of anilines is 1. The molecule has 0 fully saturated rings. The first-order valence-electron chi connectivity index (χ1n) is 9.12. The summed E-state index contributed by atoms with van der Waals surface area (Å²) < 4.78 is 28.3. The lowest BCUT2D eigenvalue weighted by atomic mass is 9.90. The summed E-state index contributed by atoms with van der Waals surface area (Å²) in [6.45, 7) is 9.71. The number of nitrogens with zero attached hydrogens (tertiary/aromatic N) is 1. The van der Waals surface area contributed by atoms with Gasteiger partial charge in [-0.05, 0) is 36.6 Å². The van der Waals surface area contributed by atoms with E-state index in [-0.39, 0.29) is 22.5 Å². The summed E-state index contributed by atoms with van der Waals surface area (Å²) in [4.78, 5) is 13.3. The Balaban J connectivity index is 2.18. The molecule has 1 aliphatic heterocycles. The first-order chi connectivity index (χ1) is 12.8. The van der Waals surface area contributed by atoms with Crippen LogP contribution in [0.15, 0.2) is 66.1 Å². The quantitative estimate of drug-likeness (QED) is 0.692. The predicted molar refractivity (Wildman–Crippen MR) is 108 cm³/mol. The van der Waals surface area contributed by atoms with Gasteiger partial charge in [-0.3, -0.25) is 9.10 Å². The zero-order chi connectivity index (χ0) is 19.8. The van der Waals surface area contributed by atoms with Crippen LogP contribution in [0, 0.1) is 12.8 Å². The van der Waals surface area contributed by atoms with Crippen molar-refractivity contribution >= 4 is 21.5 Å². The number of ketones is 1. The molecule has 0 saturated heterocycles. The van der Waals surface area contributed by atoms with Gasteiger partial charge in [0.25, 0.3) is 10.0 Å². The molecule has 0 aliphatic carbocycles. The zero-order valence-electron chi connectivity index (χ0n) is 15.9. The molecular formula is C22H25NO3S. The minimum Gasteiger partial charge on any atom is -0.297 e. The van der Waals surface area contributed by atoms with E-state index >= 15 is 0 Å². The molecule has 0 spiro atoms. The minimum atomic E-state index is -3.88. The topological polar surface area (TPSA) is 54.5 Å². The Morgan fingerprint density at radius 2 is 1.78 bits per heavy atom. The fourth-order valence-electron chi connectivity index (χ4n) is 3.65. The second-order valence-corrected chi connectivity index (χ2v) is 9.26. The Labute approximate surface area is 161 Å². The van der Waals surface area contributed by atoms with Gasteiger partial charge in [-0.25, -0.2) is 8.42 Å². The minimum absolute atomic E-state index is 0.0817. The van der Waals surface area contributed by atoms with Crippen molar-refractivity contribution in [3.63, 3.8) is 0 Å². The highest BCUT2D eigenvalue weighted by Crippen LogP contribution is 2.45. The average Bonchev–Trinajstić information content (AvgIpc) is 2.96. The average molecular weight is 384 g/mol. The first-order valence-corrected chi connectivity index (χ1v) is 10.6. The Kier molecular flexibility index (Phi) is 5.24. The monoisotopic (exact) mass is 383 g/mol. The molecule has 4 nitrogen and oxygen atoms in total. The van der Waals surface area contributed by atoms with Crippen LogP contribution in [0.2, 0.25) is 0 Å². The molecule has 2 aromatic rings. The second kappa shape index (κ2) is 7.31. The third-order valence-corrected chi connectivity index (χ3v) is 6.71. The summed E-state index contributed by atoms with van der Waals surface area (Å²) in [7, 11) is -3.88. The molecule has 1 heterocycles. The fraction of sp³-hybridized carbons (Fsp3) is 0.318. The fourth-order valence-corrected chi connectivity index (χ4v) is 5.33. The number of carbonyl (C=O) groups excluding carboxylic acids is 1. The highest BCUT2D eigenvalue weighted by molar-refractivity contribution is 7.93. The van der Waals surface area contributed by atoms with Crippen molar-refractivity contribution in [3.8, 4) is 0 Å². The van der Waals surface area contributed by atoms with Crippen LogP contribution < -0.4 is 4.31 Å². The van der Waals surface area contributed by atoms with Gasteiger partial charge in [-0.2, -0.15) is 0 Å². The van der Waals surface area contributed by atoms with Crippen molar-refractivity contribution in [1.82, 2.24) is 0 Å². The van der Waals surface area contributed by atoms with E-state index in [0.717, 1.165) is 11.1 Å². The summed E-state index contributed by atoms with van der Waals surface area (Å²) >= 11 is 0. The Hall–Kier alpha value is -2.40. The van der Waals surface area contributed by atoms with Gasteiger partial charge in [-0.1, -0.05) is 55.8 Å². The number of carbonyl (C=O) groups is 1. The first kappa shape index (κ1) is 19.4. The number of hydrogen-bond acceptors (Lipinski definition) is 3. The van der Waals surface area contributed by atoms with E-state index in [2.05, 4.69) is 6.58 Å². The zero-order valence-corrected chi connectivity index (χ0v) is 16.7. The van der Waals surface area contributed by atoms with E-state index in [9.17, 15) is 13.2 Å². The number of para-hydroxylation sites is 1. The number of hydrogen-bond donors (Lipinski definition) is 0. The van der Waals surface area contributed by atoms with Crippen LogP contribution >= 0.6 is 0 Å². The van der Waals surface area contributed by atoms with Gasteiger partial charge in [-0.15, -0.1) is 6.58 Å². The molecule has 2 unspecified atom stereocenters. The molecule has 5 heteroatoms. The van der Waals surface area contributed by atoms with E-state index in [0.29, 0.717) is 12.1 Å². The molecule has 0 radical (unpaired) electrons. The van der Waals surface area contributed by atoms with E-state index < -0.39 is 16.1 Å². The van der Waals surface area contributed by atoms with E-state index in [1.165, 1.54) is 4.31 Å². The smallest absolute Gasteiger partial charge is 0.265 e. The van der Waals surface area contributed by atoms with Crippen LogP contribution in [0.5, 0.6) is 0 Å². The molecule has 2 atom stereocenters. The summed E-state index contributed by atoms with van der Waals surface area (Å²) in [6.07, 6.45) is 2.01. The lowest BCUT2D eigenvalue weighted by Crippen LogP contribution is -2.44. The highest BCUT2D eigenvalue weighted by Gasteiger charge is 2.46. The normalized spacial score (nSPS) is 19.2. The second-order valence-electron chi connectivity index (χ2n) is 7.44. The number of aryl methyl sites for hydroxylation is 1. The van der Waals surface area contributed by atoms with Crippen LogP contribution in [-0.2, 0) is 14.8 Å². The van der Waals surface area contributed by atoms with E-state index in [1.807, 2.05) is 32.9 Å². The van der Waals surface area contributed by atoms with Crippen molar-refractivity contribution in [2.75, 3.05) is 4.31 Å². The van der Waals surface area contributed by atoms with Crippen LogP contribution in [0.1, 0.15) is 37.3 Å². The summed E-state index contributed by atoms with van der Waals surface area (Å²) in [5, 5.41) is 0. The predicted octanol–water partition coefficient (Wildman–Crippen LogP) is 4.46.